The Balaban J connectivity index is 2.83. The molecule has 0 spiro atoms. The minimum atomic E-state index is -0.586. The summed E-state index contributed by atoms with van der Waals surface area (Å²) in [6.45, 7) is 1.91. The molecule has 1 aromatic heterocycles. The summed E-state index contributed by atoms with van der Waals surface area (Å²) >= 11 is 0. The Morgan fingerprint density at radius 2 is 2.07 bits per heavy atom. The van der Waals surface area contributed by atoms with Gasteiger partial charge in [0.25, 0.3) is 0 Å². The number of hydrogen-bond acceptors (Lipinski definition) is 3. The first-order valence-electron chi connectivity index (χ1n) is 4.44. The summed E-state index contributed by atoms with van der Waals surface area (Å²) in [4.78, 5) is 10.0. The normalized spacial score (nSPS) is 10.8. The van der Waals surface area contributed by atoms with Gasteiger partial charge in [0.05, 0.1) is 10.4 Å². The van der Waals surface area contributed by atoms with Crippen molar-refractivity contribution >= 4 is 16.6 Å². The highest BCUT2D eigenvalue weighted by molar-refractivity contribution is 5.85. The molecule has 0 amide bonds. The molecule has 5 heteroatoms. The van der Waals surface area contributed by atoms with Crippen molar-refractivity contribution in [3.05, 3.63) is 34.0 Å². The number of phenols is 1. The van der Waals surface area contributed by atoms with E-state index in [2.05, 4.69) is 0 Å². The van der Waals surface area contributed by atoms with Crippen LogP contribution in [0.15, 0.2) is 18.2 Å². The molecule has 5 nitrogen and oxygen atoms in total. The Hall–Kier alpha value is -2.04. The molecule has 0 aliphatic heterocycles. The van der Waals surface area contributed by atoms with Gasteiger partial charge in [-0.15, -0.1) is 0 Å². The summed E-state index contributed by atoms with van der Waals surface area (Å²) < 4.78 is 1.85. The van der Waals surface area contributed by atoms with Crippen LogP contribution < -0.4 is 0 Å². The molecule has 1 heterocycles. The fourth-order valence-electron chi connectivity index (χ4n) is 1.65. The Morgan fingerprint density at radius 3 is 2.67 bits per heavy atom. The quantitative estimate of drug-likeness (QED) is 0.573. The second kappa shape index (κ2) is 2.98. The van der Waals surface area contributed by atoms with Crippen molar-refractivity contribution in [2.75, 3.05) is 0 Å². The number of benzene rings is 1. The molecule has 0 aliphatic rings. The van der Waals surface area contributed by atoms with Gasteiger partial charge in [0, 0.05) is 24.2 Å². The first-order valence-corrected chi connectivity index (χ1v) is 4.44. The van der Waals surface area contributed by atoms with Crippen LogP contribution in [0.2, 0.25) is 0 Å². The van der Waals surface area contributed by atoms with Crippen LogP contribution in [0.4, 0.5) is 5.69 Å². The Labute approximate surface area is 85.7 Å². The standard InChI is InChI=1S/C10H10N2O3/c1-6-3-7-4-10(13)9(12(14)15)5-8(7)11(6)2/h3-5,13H,1-2H3. The molecule has 1 aromatic carbocycles. The molecule has 0 saturated carbocycles. The van der Waals surface area contributed by atoms with Gasteiger partial charge in [-0.1, -0.05) is 0 Å². The van der Waals surface area contributed by atoms with E-state index in [4.69, 9.17) is 0 Å². The lowest BCUT2D eigenvalue weighted by molar-refractivity contribution is -0.385. The average molecular weight is 206 g/mol. The van der Waals surface area contributed by atoms with Crippen LogP contribution in [0.1, 0.15) is 5.69 Å². The average Bonchev–Trinajstić information content (AvgIpc) is 2.41. The second-order valence-corrected chi connectivity index (χ2v) is 3.50. The number of aryl methyl sites for hydroxylation is 2. The highest BCUT2D eigenvalue weighted by atomic mass is 16.6. The van der Waals surface area contributed by atoms with E-state index in [9.17, 15) is 15.2 Å². The number of phenolic OH excluding ortho intramolecular Hbond substituents is 1. The van der Waals surface area contributed by atoms with E-state index in [0.717, 1.165) is 16.6 Å². The topological polar surface area (TPSA) is 68.3 Å². The van der Waals surface area contributed by atoms with Gasteiger partial charge in [-0.05, 0) is 19.1 Å². The predicted molar refractivity (Wildman–Crippen MR) is 56.0 cm³/mol. The van der Waals surface area contributed by atoms with Gasteiger partial charge in [0.1, 0.15) is 0 Å². The van der Waals surface area contributed by atoms with Gasteiger partial charge in [-0.25, -0.2) is 0 Å². The van der Waals surface area contributed by atoms with Crippen LogP contribution in [-0.4, -0.2) is 14.6 Å². The molecule has 15 heavy (non-hydrogen) atoms. The number of hydrogen-bond donors (Lipinski definition) is 1. The molecule has 0 saturated heterocycles. The van der Waals surface area contributed by atoms with Crippen LogP contribution in [0, 0.1) is 17.0 Å². The predicted octanol–water partition coefficient (Wildman–Crippen LogP) is 2.10. The molecule has 78 valence electrons. The van der Waals surface area contributed by atoms with Gasteiger partial charge < -0.3 is 9.67 Å². The van der Waals surface area contributed by atoms with Crippen LogP contribution >= 0.6 is 0 Å². The first-order chi connectivity index (χ1) is 7.00. The fourth-order valence-corrected chi connectivity index (χ4v) is 1.65. The molecule has 0 aliphatic carbocycles. The molecule has 2 aromatic rings. The Bertz CT molecular complexity index is 557. The summed E-state index contributed by atoms with van der Waals surface area (Å²) in [5, 5.41) is 20.9. The number of nitrogens with zero attached hydrogens (tertiary/aromatic N) is 2. The molecule has 0 unspecified atom stereocenters. The van der Waals surface area contributed by atoms with Crippen molar-refractivity contribution in [3.63, 3.8) is 0 Å². The number of aromatic nitrogens is 1. The zero-order chi connectivity index (χ0) is 11.2. The third kappa shape index (κ3) is 1.32. The van der Waals surface area contributed by atoms with E-state index < -0.39 is 4.92 Å². The lowest BCUT2D eigenvalue weighted by Gasteiger charge is -2.00. The van der Waals surface area contributed by atoms with E-state index in [1.54, 1.807) is 0 Å². The van der Waals surface area contributed by atoms with Crippen molar-refractivity contribution in [1.82, 2.24) is 4.57 Å². The highest BCUT2D eigenvalue weighted by Crippen LogP contribution is 2.32. The zero-order valence-electron chi connectivity index (χ0n) is 8.39. The Morgan fingerprint density at radius 1 is 1.40 bits per heavy atom. The van der Waals surface area contributed by atoms with Crippen molar-refractivity contribution in [2.45, 2.75) is 6.92 Å². The minimum absolute atomic E-state index is 0.260. The number of nitro groups is 1. The smallest absolute Gasteiger partial charge is 0.312 e. The van der Waals surface area contributed by atoms with Gasteiger partial charge >= 0.3 is 5.69 Å². The Kier molecular flexibility index (Phi) is 1.89. The van der Waals surface area contributed by atoms with E-state index >= 15 is 0 Å². The summed E-state index contributed by atoms with van der Waals surface area (Å²) in [6.07, 6.45) is 0. The van der Waals surface area contributed by atoms with Crippen molar-refractivity contribution in [2.24, 2.45) is 7.05 Å². The zero-order valence-corrected chi connectivity index (χ0v) is 8.39. The maximum absolute atomic E-state index is 10.6. The third-order valence-corrected chi connectivity index (χ3v) is 2.58. The fraction of sp³-hybridized carbons (Fsp3) is 0.200. The lowest BCUT2D eigenvalue weighted by atomic mass is 10.2. The monoisotopic (exact) mass is 206 g/mol. The maximum Gasteiger partial charge on any atom is 0.312 e. The first kappa shape index (κ1) is 9.51. The van der Waals surface area contributed by atoms with Crippen molar-refractivity contribution < 1.29 is 10.0 Å². The maximum atomic E-state index is 10.6. The van der Waals surface area contributed by atoms with Crippen LogP contribution in [0.25, 0.3) is 10.9 Å². The summed E-state index contributed by atoms with van der Waals surface area (Å²) in [7, 11) is 1.83. The van der Waals surface area contributed by atoms with Crippen LogP contribution in [0.5, 0.6) is 5.75 Å². The number of nitro benzene ring substituents is 1. The molecule has 2 rings (SSSR count). The van der Waals surface area contributed by atoms with E-state index in [-0.39, 0.29) is 11.4 Å². The van der Waals surface area contributed by atoms with Crippen molar-refractivity contribution in [3.8, 4) is 5.75 Å². The number of fused-ring (bicyclic) bond motifs is 1. The summed E-state index contributed by atoms with van der Waals surface area (Å²) in [5.41, 5.74) is 1.48. The van der Waals surface area contributed by atoms with Gasteiger partial charge in [0.15, 0.2) is 5.75 Å². The van der Waals surface area contributed by atoms with E-state index in [1.165, 1.54) is 12.1 Å². The molecule has 0 fully saturated rings. The molecule has 0 atom stereocenters. The summed E-state index contributed by atoms with van der Waals surface area (Å²) in [6, 6.07) is 4.68. The second-order valence-electron chi connectivity index (χ2n) is 3.50. The largest absolute Gasteiger partial charge is 0.502 e. The van der Waals surface area contributed by atoms with E-state index in [0.29, 0.717) is 0 Å². The van der Waals surface area contributed by atoms with Gasteiger partial charge in [-0.3, -0.25) is 10.1 Å². The van der Waals surface area contributed by atoms with Gasteiger partial charge in [0.2, 0.25) is 0 Å². The van der Waals surface area contributed by atoms with E-state index in [1.807, 2.05) is 24.6 Å². The minimum Gasteiger partial charge on any atom is -0.502 e. The third-order valence-electron chi connectivity index (χ3n) is 2.58. The molecule has 1 N–H and O–H groups in total. The molecule has 0 radical (unpaired) electrons. The van der Waals surface area contributed by atoms with Crippen molar-refractivity contribution in [1.29, 1.82) is 0 Å². The highest BCUT2D eigenvalue weighted by Gasteiger charge is 2.16. The molecule has 0 bridgehead atoms. The molecular weight excluding hydrogens is 196 g/mol. The number of rotatable bonds is 1. The number of aromatic hydroxyl groups is 1. The van der Waals surface area contributed by atoms with Crippen LogP contribution in [0.3, 0.4) is 0 Å². The lowest BCUT2D eigenvalue weighted by Crippen LogP contribution is -1.92. The van der Waals surface area contributed by atoms with Crippen LogP contribution in [-0.2, 0) is 7.05 Å². The summed E-state index contributed by atoms with van der Waals surface area (Å²) in [5.74, 6) is -0.293. The molecular formula is C10H10N2O3. The SMILES string of the molecule is Cc1cc2cc(O)c([N+](=O)[O-])cc2n1C. The van der Waals surface area contributed by atoms with Gasteiger partial charge in [-0.2, -0.15) is 0 Å².